The highest BCUT2D eigenvalue weighted by molar-refractivity contribution is 8.26. The standard InChI is InChI=1S/C19H18N2O4S2/c1-10(2)16(18(23)24)21-17(22)15(27-19(21)26)9-12-5-4-11-8-13(25-3)6-7-14(11)20-12/h4-10,16H,1-3H3,(H,23,24)/b15-9-. The Balaban J connectivity index is 1.93. The molecule has 1 N–H and O–H groups in total. The fourth-order valence-electron chi connectivity index (χ4n) is 2.87. The van der Waals surface area contributed by atoms with Crippen LogP contribution in [0.5, 0.6) is 5.75 Å². The first-order valence-electron chi connectivity index (χ1n) is 8.26. The van der Waals surface area contributed by atoms with E-state index in [1.54, 1.807) is 33.1 Å². The molecule has 1 fully saturated rings. The number of pyridine rings is 1. The van der Waals surface area contributed by atoms with Gasteiger partial charge in [-0.2, -0.15) is 0 Å². The molecule has 2 aromatic rings. The van der Waals surface area contributed by atoms with E-state index in [0.29, 0.717) is 10.6 Å². The number of thiocarbonyl (C=S) groups is 1. The number of rotatable bonds is 5. The van der Waals surface area contributed by atoms with Gasteiger partial charge in [0.25, 0.3) is 5.91 Å². The van der Waals surface area contributed by atoms with E-state index in [4.69, 9.17) is 17.0 Å². The molecule has 1 amide bonds. The zero-order valence-electron chi connectivity index (χ0n) is 15.0. The molecular weight excluding hydrogens is 384 g/mol. The number of amides is 1. The molecule has 2 heterocycles. The molecule has 0 radical (unpaired) electrons. The second-order valence-electron chi connectivity index (χ2n) is 6.37. The van der Waals surface area contributed by atoms with Gasteiger partial charge in [-0.25, -0.2) is 9.78 Å². The Morgan fingerprint density at radius 1 is 1.33 bits per heavy atom. The van der Waals surface area contributed by atoms with Crippen molar-refractivity contribution in [2.75, 3.05) is 7.11 Å². The van der Waals surface area contributed by atoms with Crippen LogP contribution in [-0.4, -0.2) is 44.3 Å². The Hall–Kier alpha value is -2.45. The van der Waals surface area contributed by atoms with Crippen molar-refractivity contribution in [1.82, 2.24) is 9.88 Å². The van der Waals surface area contributed by atoms with Gasteiger partial charge >= 0.3 is 5.97 Å². The van der Waals surface area contributed by atoms with Crippen LogP contribution in [0.1, 0.15) is 19.5 Å². The van der Waals surface area contributed by atoms with E-state index in [1.165, 1.54) is 4.90 Å². The molecule has 3 rings (SSSR count). The number of aromatic nitrogens is 1. The van der Waals surface area contributed by atoms with Gasteiger partial charge in [0.05, 0.1) is 23.2 Å². The minimum absolute atomic E-state index is 0.248. The number of aliphatic carboxylic acids is 1. The van der Waals surface area contributed by atoms with Crippen LogP contribution in [0, 0.1) is 5.92 Å². The van der Waals surface area contributed by atoms with E-state index >= 15 is 0 Å². The lowest BCUT2D eigenvalue weighted by Crippen LogP contribution is -2.47. The zero-order chi connectivity index (χ0) is 19.7. The van der Waals surface area contributed by atoms with Crippen molar-refractivity contribution in [3.63, 3.8) is 0 Å². The highest BCUT2D eigenvalue weighted by Gasteiger charge is 2.41. The minimum atomic E-state index is -1.07. The predicted octanol–water partition coefficient (Wildman–Crippen LogP) is 3.55. The third-order valence-corrected chi connectivity index (χ3v) is 5.51. The number of benzene rings is 1. The van der Waals surface area contributed by atoms with Gasteiger partial charge < -0.3 is 9.84 Å². The average molecular weight is 402 g/mol. The molecule has 8 heteroatoms. The van der Waals surface area contributed by atoms with Gasteiger partial charge in [0.15, 0.2) is 0 Å². The maximum Gasteiger partial charge on any atom is 0.327 e. The summed E-state index contributed by atoms with van der Waals surface area (Å²) in [5.41, 5.74) is 1.37. The summed E-state index contributed by atoms with van der Waals surface area (Å²) in [6.07, 6.45) is 1.64. The molecule has 1 aromatic heterocycles. The molecule has 0 bridgehead atoms. The summed E-state index contributed by atoms with van der Waals surface area (Å²) >= 11 is 6.36. The number of nitrogens with zero attached hydrogens (tertiary/aromatic N) is 2. The fraction of sp³-hybridized carbons (Fsp3) is 0.263. The second-order valence-corrected chi connectivity index (χ2v) is 8.05. The van der Waals surface area contributed by atoms with Gasteiger partial charge in [-0.15, -0.1) is 0 Å². The number of carboxylic acid groups (broad SMARTS) is 1. The summed E-state index contributed by atoms with van der Waals surface area (Å²) < 4.78 is 5.45. The highest BCUT2D eigenvalue weighted by atomic mass is 32.2. The van der Waals surface area contributed by atoms with E-state index in [9.17, 15) is 14.7 Å². The Morgan fingerprint density at radius 3 is 2.70 bits per heavy atom. The van der Waals surface area contributed by atoms with Crippen LogP contribution < -0.4 is 4.74 Å². The number of thioether (sulfide) groups is 1. The maximum atomic E-state index is 12.8. The quantitative estimate of drug-likeness (QED) is 0.605. The third-order valence-electron chi connectivity index (χ3n) is 4.18. The monoisotopic (exact) mass is 402 g/mol. The first-order valence-corrected chi connectivity index (χ1v) is 9.49. The molecule has 1 aromatic carbocycles. The van der Waals surface area contributed by atoms with Crippen molar-refractivity contribution in [2.24, 2.45) is 5.92 Å². The largest absolute Gasteiger partial charge is 0.497 e. The summed E-state index contributed by atoms with van der Waals surface area (Å²) in [6, 6.07) is 8.25. The van der Waals surface area contributed by atoms with Gasteiger partial charge in [-0.3, -0.25) is 9.69 Å². The van der Waals surface area contributed by atoms with E-state index < -0.39 is 17.9 Å². The van der Waals surface area contributed by atoms with Crippen LogP contribution in [-0.2, 0) is 9.59 Å². The van der Waals surface area contributed by atoms with Gasteiger partial charge in [0.1, 0.15) is 16.1 Å². The summed E-state index contributed by atoms with van der Waals surface area (Å²) in [5.74, 6) is -0.993. The minimum Gasteiger partial charge on any atom is -0.497 e. The number of methoxy groups -OCH3 is 1. The summed E-state index contributed by atoms with van der Waals surface area (Å²) in [4.78, 5) is 30.4. The number of carbonyl (C=O) groups is 2. The first kappa shape index (κ1) is 19.3. The van der Waals surface area contributed by atoms with Crippen molar-refractivity contribution in [2.45, 2.75) is 19.9 Å². The van der Waals surface area contributed by atoms with Crippen LogP contribution in [0.15, 0.2) is 35.2 Å². The first-order chi connectivity index (χ1) is 12.8. The molecule has 27 heavy (non-hydrogen) atoms. The Bertz CT molecular complexity index is 971. The smallest absolute Gasteiger partial charge is 0.327 e. The number of hydrogen-bond donors (Lipinski definition) is 1. The molecule has 0 saturated carbocycles. The third kappa shape index (κ3) is 3.81. The summed E-state index contributed by atoms with van der Waals surface area (Å²) in [6.45, 7) is 3.50. The SMILES string of the molecule is COc1ccc2nc(/C=C3\SC(=S)N(C(C(=O)O)C(C)C)C3=O)ccc2c1. The molecule has 1 atom stereocenters. The van der Waals surface area contributed by atoms with Crippen LogP contribution in [0.4, 0.5) is 0 Å². The number of carboxylic acids is 1. The van der Waals surface area contributed by atoms with Crippen LogP contribution >= 0.6 is 24.0 Å². The summed E-state index contributed by atoms with van der Waals surface area (Å²) in [5, 5.41) is 10.4. The summed E-state index contributed by atoms with van der Waals surface area (Å²) in [7, 11) is 1.60. The highest BCUT2D eigenvalue weighted by Crippen LogP contribution is 2.35. The van der Waals surface area contributed by atoms with Crippen LogP contribution in [0.25, 0.3) is 17.0 Å². The number of fused-ring (bicyclic) bond motifs is 1. The normalized spacial score (nSPS) is 17.2. The molecule has 1 aliphatic heterocycles. The molecule has 140 valence electrons. The van der Waals surface area contributed by atoms with E-state index in [1.807, 2.05) is 24.3 Å². The molecule has 1 saturated heterocycles. The lowest BCUT2D eigenvalue weighted by atomic mass is 10.0. The molecule has 0 spiro atoms. The number of carbonyl (C=O) groups excluding carboxylic acids is 1. The van der Waals surface area contributed by atoms with E-state index in [2.05, 4.69) is 4.98 Å². The van der Waals surface area contributed by atoms with Crippen molar-refractivity contribution in [3.05, 3.63) is 40.9 Å². The predicted molar refractivity (Wildman–Crippen MR) is 110 cm³/mol. The lowest BCUT2D eigenvalue weighted by molar-refractivity contribution is -0.146. The Morgan fingerprint density at radius 2 is 2.07 bits per heavy atom. The van der Waals surface area contributed by atoms with Gasteiger partial charge in [0.2, 0.25) is 0 Å². The Labute approximate surface area is 166 Å². The molecule has 1 unspecified atom stereocenters. The Kier molecular flexibility index (Phi) is 5.48. The molecule has 1 aliphatic rings. The van der Waals surface area contributed by atoms with Crippen LogP contribution in [0.3, 0.4) is 0 Å². The molecule has 6 nitrogen and oxygen atoms in total. The van der Waals surface area contributed by atoms with Gasteiger partial charge in [-0.1, -0.05) is 43.9 Å². The topological polar surface area (TPSA) is 79.7 Å². The molecular formula is C19H18N2O4S2. The number of hydrogen-bond acceptors (Lipinski definition) is 6. The average Bonchev–Trinajstić information content (AvgIpc) is 2.88. The van der Waals surface area contributed by atoms with Crippen molar-refractivity contribution in [1.29, 1.82) is 0 Å². The van der Waals surface area contributed by atoms with Gasteiger partial charge in [0, 0.05) is 5.39 Å². The lowest BCUT2D eigenvalue weighted by Gasteiger charge is -2.26. The zero-order valence-corrected chi connectivity index (χ0v) is 16.6. The van der Waals surface area contributed by atoms with Crippen molar-refractivity contribution < 1.29 is 19.4 Å². The van der Waals surface area contributed by atoms with E-state index in [0.717, 1.165) is 28.4 Å². The maximum absolute atomic E-state index is 12.8. The fourth-order valence-corrected chi connectivity index (χ4v) is 4.19. The molecule has 0 aliphatic carbocycles. The van der Waals surface area contributed by atoms with Crippen LogP contribution in [0.2, 0.25) is 0 Å². The number of ether oxygens (including phenoxy) is 1. The van der Waals surface area contributed by atoms with Crippen molar-refractivity contribution in [3.8, 4) is 5.75 Å². The van der Waals surface area contributed by atoms with E-state index in [-0.39, 0.29) is 10.2 Å². The van der Waals surface area contributed by atoms with Crippen molar-refractivity contribution >= 4 is 57.2 Å². The van der Waals surface area contributed by atoms with Gasteiger partial charge in [-0.05, 0) is 36.3 Å². The second kappa shape index (κ2) is 7.66.